The van der Waals surface area contributed by atoms with Crippen molar-refractivity contribution in [2.24, 2.45) is 0 Å². The fourth-order valence-corrected chi connectivity index (χ4v) is 2.43. The Morgan fingerprint density at radius 2 is 1.41 bits per heavy atom. The van der Waals surface area contributed by atoms with E-state index < -0.39 is 29.9 Å². The van der Waals surface area contributed by atoms with Crippen molar-refractivity contribution in [1.29, 1.82) is 0 Å². The fourth-order valence-electron chi connectivity index (χ4n) is 2.43. The van der Waals surface area contributed by atoms with E-state index in [1.165, 1.54) is 32.9 Å². The van der Waals surface area contributed by atoms with Crippen LogP contribution in [-0.2, 0) is 14.3 Å². The van der Waals surface area contributed by atoms with Gasteiger partial charge in [0.1, 0.15) is 6.04 Å². The Bertz CT molecular complexity index is 881. The number of anilines is 2. The Labute approximate surface area is 168 Å². The second-order valence-electron chi connectivity index (χ2n) is 6.39. The summed E-state index contributed by atoms with van der Waals surface area (Å²) in [5.74, 6) is -1.35. The third kappa shape index (κ3) is 6.76. The summed E-state index contributed by atoms with van der Waals surface area (Å²) in [4.78, 5) is 47.6. The molecule has 0 saturated carbocycles. The number of ketones is 1. The molecule has 2 aromatic carbocycles. The number of benzene rings is 2. The SMILES string of the molecule is CC(=O)Nc1ccc(C(=O)[C@H](C)OC(=O)[C@H](C)NC(=O)Nc2ccccc2)cc1. The molecule has 0 saturated heterocycles. The maximum atomic E-state index is 12.4. The van der Waals surface area contributed by atoms with Crippen molar-refractivity contribution in [2.75, 3.05) is 10.6 Å². The molecular weight excluding hydrogens is 374 g/mol. The Hall–Kier alpha value is -3.68. The highest BCUT2D eigenvalue weighted by Gasteiger charge is 2.24. The molecule has 0 bridgehead atoms. The quantitative estimate of drug-likeness (QED) is 0.491. The minimum Gasteiger partial charge on any atom is -0.453 e. The molecule has 8 heteroatoms. The van der Waals surface area contributed by atoms with Gasteiger partial charge in [0.05, 0.1) is 0 Å². The van der Waals surface area contributed by atoms with Gasteiger partial charge in [-0.15, -0.1) is 0 Å². The van der Waals surface area contributed by atoms with Crippen molar-refractivity contribution in [3.8, 4) is 0 Å². The van der Waals surface area contributed by atoms with Crippen molar-refractivity contribution in [1.82, 2.24) is 5.32 Å². The molecule has 0 heterocycles. The predicted molar refractivity (Wildman–Crippen MR) is 109 cm³/mol. The zero-order chi connectivity index (χ0) is 21.4. The van der Waals surface area contributed by atoms with Gasteiger partial charge in [-0.05, 0) is 50.2 Å². The topological polar surface area (TPSA) is 114 Å². The Kier molecular flexibility index (Phi) is 7.47. The number of carbonyl (C=O) groups excluding carboxylic acids is 4. The zero-order valence-corrected chi connectivity index (χ0v) is 16.4. The number of Topliss-reactive ketones (excluding diaryl/α,β-unsaturated/α-hetero) is 1. The van der Waals surface area contributed by atoms with Gasteiger partial charge in [0.25, 0.3) is 0 Å². The molecule has 0 aliphatic rings. The van der Waals surface area contributed by atoms with Crippen LogP contribution in [0.15, 0.2) is 54.6 Å². The van der Waals surface area contributed by atoms with E-state index in [4.69, 9.17) is 4.74 Å². The molecule has 2 aromatic rings. The maximum Gasteiger partial charge on any atom is 0.329 e. The first-order valence-corrected chi connectivity index (χ1v) is 9.01. The second kappa shape index (κ2) is 10.0. The van der Waals surface area contributed by atoms with Gasteiger partial charge >= 0.3 is 12.0 Å². The maximum absolute atomic E-state index is 12.4. The predicted octanol–water partition coefficient (Wildman–Crippen LogP) is 2.97. The van der Waals surface area contributed by atoms with Gasteiger partial charge in [-0.1, -0.05) is 18.2 Å². The van der Waals surface area contributed by atoms with E-state index in [1.807, 2.05) is 6.07 Å². The highest BCUT2D eigenvalue weighted by Crippen LogP contribution is 2.13. The molecule has 2 atom stereocenters. The smallest absolute Gasteiger partial charge is 0.329 e. The number of urea groups is 1. The van der Waals surface area contributed by atoms with Gasteiger partial charge in [-0.3, -0.25) is 9.59 Å². The average molecular weight is 397 g/mol. The van der Waals surface area contributed by atoms with E-state index in [-0.39, 0.29) is 5.91 Å². The number of rotatable bonds is 7. The van der Waals surface area contributed by atoms with Crippen molar-refractivity contribution >= 4 is 35.1 Å². The largest absolute Gasteiger partial charge is 0.453 e. The lowest BCUT2D eigenvalue weighted by molar-refractivity contribution is -0.148. The lowest BCUT2D eigenvalue weighted by Gasteiger charge is -2.17. The van der Waals surface area contributed by atoms with Crippen LogP contribution in [0.25, 0.3) is 0 Å². The number of hydrogen-bond acceptors (Lipinski definition) is 5. The van der Waals surface area contributed by atoms with E-state index in [1.54, 1.807) is 36.4 Å². The van der Waals surface area contributed by atoms with Crippen LogP contribution in [0.2, 0.25) is 0 Å². The number of esters is 1. The number of carbonyl (C=O) groups is 4. The second-order valence-corrected chi connectivity index (χ2v) is 6.39. The third-order valence-electron chi connectivity index (χ3n) is 3.88. The van der Waals surface area contributed by atoms with Gasteiger partial charge in [-0.2, -0.15) is 0 Å². The van der Waals surface area contributed by atoms with Crippen molar-refractivity contribution < 1.29 is 23.9 Å². The average Bonchev–Trinajstić information content (AvgIpc) is 2.68. The first-order valence-electron chi connectivity index (χ1n) is 9.01. The van der Waals surface area contributed by atoms with E-state index in [0.29, 0.717) is 16.9 Å². The molecule has 0 spiro atoms. The summed E-state index contributed by atoms with van der Waals surface area (Å²) in [5.41, 5.74) is 1.47. The van der Waals surface area contributed by atoms with Gasteiger partial charge in [0, 0.05) is 23.9 Å². The van der Waals surface area contributed by atoms with E-state index in [9.17, 15) is 19.2 Å². The first kappa shape index (κ1) is 21.6. The van der Waals surface area contributed by atoms with Crippen LogP contribution in [0, 0.1) is 0 Å². The van der Waals surface area contributed by atoms with Crippen LogP contribution >= 0.6 is 0 Å². The molecule has 0 aliphatic heterocycles. The molecule has 3 N–H and O–H groups in total. The molecule has 0 fully saturated rings. The molecule has 152 valence electrons. The number of ether oxygens (including phenoxy) is 1. The van der Waals surface area contributed by atoms with Crippen LogP contribution in [0.5, 0.6) is 0 Å². The summed E-state index contributed by atoms with van der Waals surface area (Å²) in [6.07, 6.45) is -1.03. The molecular formula is C21H23N3O5. The minimum atomic E-state index is -1.03. The lowest BCUT2D eigenvalue weighted by atomic mass is 10.1. The highest BCUT2D eigenvalue weighted by molar-refractivity contribution is 6.01. The number of amides is 3. The number of hydrogen-bond donors (Lipinski definition) is 3. The lowest BCUT2D eigenvalue weighted by Crippen LogP contribution is -2.43. The summed E-state index contributed by atoms with van der Waals surface area (Å²) in [6.45, 7) is 4.31. The molecule has 3 amide bonds. The molecule has 0 aliphatic carbocycles. The van der Waals surface area contributed by atoms with E-state index in [2.05, 4.69) is 16.0 Å². The summed E-state index contributed by atoms with van der Waals surface area (Å²) in [7, 11) is 0. The number of nitrogens with one attached hydrogen (secondary N) is 3. The van der Waals surface area contributed by atoms with Gasteiger partial charge < -0.3 is 20.7 Å². The molecule has 29 heavy (non-hydrogen) atoms. The first-order chi connectivity index (χ1) is 13.8. The summed E-state index contributed by atoms with van der Waals surface area (Å²) in [6, 6.07) is 13.5. The van der Waals surface area contributed by atoms with E-state index in [0.717, 1.165) is 0 Å². The van der Waals surface area contributed by atoms with Crippen LogP contribution in [0.4, 0.5) is 16.2 Å². The number of para-hydroxylation sites is 1. The van der Waals surface area contributed by atoms with Crippen molar-refractivity contribution in [3.05, 3.63) is 60.2 Å². The van der Waals surface area contributed by atoms with Gasteiger partial charge in [0.15, 0.2) is 6.10 Å². The fraction of sp³-hybridized carbons (Fsp3) is 0.238. The standard InChI is InChI=1S/C21H23N3O5/c1-13(22-21(28)24-17-7-5-4-6-8-17)20(27)29-14(2)19(26)16-9-11-18(12-10-16)23-15(3)25/h4-14H,1-3H3,(H,23,25)(H2,22,24,28)/t13-,14-/m0/s1. The normalized spacial score (nSPS) is 12.2. The Morgan fingerprint density at radius 3 is 2.00 bits per heavy atom. The van der Waals surface area contributed by atoms with Crippen LogP contribution in [0.1, 0.15) is 31.1 Å². The molecule has 8 nitrogen and oxygen atoms in total. The Morgan fingerprint density at radius 1 is 0.828 bits per heavy atom. The van der Waals surface area contributed by atoms with Gasteiger partial charge in [0.2, 0.25) is 11.7 Å². The monoisotopic (exact) mass is 397 g/mol. The molecule has 0 unspecified atom stereocenters. The highest BCUT2D eigenvalue weighted by atomic mass is 16.5. The minimum absolute atomic E-state index is 0.218. The summed E-state index contributed by atoms with van der Waals surface area (Å²) >= 11 is 0. The van der Waals surface area contributed by atoms with Crippen LogP contribution < -0.4 is 16.0 Å². The van der Waals surface area contributed by atoms with Crippen LogP contribution in [0.3, 0.4) is 0 Å². The summed E-state index contributed by atoms with van der Waals surface area (Å²) < 4.78 is 5.17. The van der Waals surface area contributed by atoms with E-state index >= 15 is 0 Å². The van der Waals surface area contributed by atoms with Gasteiger partial charge in [-0.25, -0.2) is 9.59 Å². The molecule has 0 radical (unpaired) electrons. The van der Waals surface area contributed by atoms with Crippen molar-refractivity contribution in [3.63, 3.8) is 0 Å². The Balaban J connectivity index is 1.87. The van der Waals surface area contributed by atoms with Crippen molar-refractivity contribution in [2.45, 2.75) is 32.9 Å². The molecule has 2 rings (SSSR count). The zero-order valence-electron chi connectivity index (χ0n) is 16.4. The molecule has 0 aromatic heterocycles. The van der Waals surface area contributed by atoms with Crippen LogP contribution in [-0.4, -0.2) is 35.8 Å². The third-order valence-corrected chi connectivity index (χ3v) is 3.88. The summed E-state index contributed by atoms with van der Waals surface area (Å²) in [5, 5.41) is 7.66.